The Morgan fingerprint density at radius 3 is 2.58 bits per heavy atom. The third kappa shape index (κ3) is 5.42. The molecule has 3 aromatic rings. The molecule has 2 atom stereocenters. The van der Waals surface area contributed by atoms with Crippen LogP contribution in [0.5, 0.6) is 11.5 Å². The van der Waals surface area contributed by atoms with Crippen LogP contribution in [0, 0.1) is 0 Å². The van der Waals surface area contributed by atoms with Crippen molar-refractivity contribution in [3.63, 3.8) is 0 Å². The first-order chi connectivity index (χ1) is 18.4. The van der Waals surface area contributed by atoms with E-state index in [0.29, 0.717) is 61.2 Å². The number of furan rings is 1. The lowest BCUT2D eigenvalue weighted by atomic mass is 9.86. The molecule has 2 unspecified atom stereocenters. The number of hydrogen-bond donors (Lipinski definition) is 1. The van der Waals surface area contributed by atoms with Gasteiger partial charge in [-0.25, -0.2) is 4.79 Å². The van der Waals surface area contributed by atoms with E-state index < -0.39 is 24.0 Å². The predicted molar refractivity (Wildman–Crippen MR) is 141 cm³/mol. The highest BCUT2D eigenvalue weighted by Crippen LogP contribution is 2.47. The van der Waals surface area contributed by atoms with Crippen LogP contribution in [0.25, 0.3) is 17.4 Å². The van der Waals surface area contributed by atoms with Crippen molar-refractivity contribution in [2.45, 2.75) is 63.9 Å². The van der Waals surface area contributed by atoms with Crippen molar-refractivity contribution in [3.8, 4) is 22.8 Å². The fourth-order valence-electron chi connectivity index (χ4n) is 5.06. The van der Waals surface area contributed by atoms with Gasteiger partial charge in [-0.2, -0.15) is 0 Å². The number of ketones is 1. The Morgan fingerprint density at radius 2 is 1.76 bits per heavy atom. The number of rotatable bonds is 2. The van der Waals surface area contributed by atoms with E-state index in [2.05, 4.69) is 0 Å². The van der Waals surface area contributed by atoms with Gasteiger partial charge >= 0.3 is 11.9 Å². The van der Waals surface area contributed by atoms with E-state index in [4.69, 9.17) is 13.9 Å². The Labute approximate surface area is 221 Å². The molecule has 2 aromatic carbocycles. The second-order valence-electron chi connectivity index (χ2n) is 9.84. The summed E-state index contributed by atoms with van der Waals surface area (Å²) >= 11 is 0. The maximum absolute atomic E-state index is 13.3. The molecule has 3 heterocycles. The van der Waals surface area contributed by atoms with Crippen LogP contribution >= 0.6 is 0 Å². The number of Topliss-reactive ketones (excluding diaryl/α,β-unsaturated/α-hetero) is 1. The number of esters is 2. The molecule has 1 N–H and O–H groups in total. The van der Waals surface area contributed by atoms with Crippen LogP contribution in [0.15, 0.2) is 59.0 Å². The van der Waals surface area contributed by atoms with Crippen LogP contribution in [0.1, 0.15) is 85.0 Å². The molecule has 5 rings (SSSR count). The topological polar surface area (TPSA) is 103 Å². The lowest BCUT2D eigenvalue weighted by Gasteiger charge is -2.26. The summed E-state index contributed by atoms with van der Waals surface area (Å²) in [6, 6.07) is 14.8. The number of benzene rings is 2. The van der Waals surface area contributed by atoms with Gasteiger partial charge in [0.25, 0.3) is 0 Å². The van der Waals surface area contributed by atoms with E-state index in [0.717, 1.165) is 5.56 Å². The fraction of sp³-hybridized carbons (Fsp3) is 0.323. The average Bonchev–Trinajstić information content (AvgIpc) is 3.38. The number of hydrogen-bond acceptors (Lipinski definition) is 7. The molecule has 2 aliphatic rings. The van der Waals surface area contributed by atoms with E-state index in [9.17, 15) is 19.5 Å². The summed E-state index contributed by atoms with van der Waals surface area (Å²) in [6.07, 6.45) is 6.53. The number of carbonyl (C=O) groups excluding carboxylic acids is 3. The lowest BCUT2D eigenvalue weighted by Crippen LogP contribution is -2.23. The van der Waals surface area contributed by atoms with Crippen LogP contribution in [0.4, 0.5) is 0 Å². The molecule has 196 valence electrons. The molecular weight excluding hydrogens is 484 g/mol. The van der Waals surface area contributed by atoms with Gasteiger partial charge < -0.3 is 19.0 Å². The maximum atomic E-state index is 13.3. The van der Waals surface area contributed by atoms with Gasteiger partial charge in [0, 0.05) is 24.0 Å². The highest BCUT2D eigenvalue weighted by molar-refractivity contribution is 5.98. The summed E-state index contributed by atoms with van der Waals surface area (Å²) in [5.74, 6) is -0.540. The van der Waals surface area contributed by atoms with Crippen LogP contribution in [-0.2, 0) is 14.3 Å². The predicted octanol–water partition coefficient (Wildman–Crippen LogP) is 6.58. The number of cyclic esters (lactones) is 1. The molecule has 7 nitrogen and oxygen atoms in total. The number of phenols is 1. The molecular formula is C31H30O7. The van der Waals surface area contributed by atoms with Gasteiger partial charge in [-0.05, 0) is 56.4 Å². The molecule has 0 amide bonds. The Bertz CT molecular complexity index is 1380. The lowest BCUT2D eigenvalue weighted by molar-refractivity contribution is -0.135. The van der Waals surface area contributed by atoms with Gasteiger partial charge in [0.2, 0.25) is 0 Å². The molecule has 38 heavy (non-hydrogen) atoms. The Kier molecular flexibility index (Phi) is 7.45. The Hall–Kier alpha value is -4.13. The van der Waals surface area contributed by atoms with Gasteiger partial charge in [-0.1, -0.05) is 42.5 Å². The molecule has 7 heteroatoms. The second-order valence-corrected chi connectivity index (χ2v) is 9.84. The minimum Gasteiger partial charge on any atom is -0.507 e. The summed E-state index contributed by atoms with van der Waals surface area (Å²) in [5, 5.41) is 11.5. The van der Waals surface area contributed by atoms with Crippen LogP contribution < -0.4 is 4.74 Å². The smallest absolute Gasteiger partial charge is 0.342 e. The summed E-state index contributed by atoms with van der Waals surface area (Å²) in [4.78, 5) is 38.0. The minimum absolute atomic E-state index is 0.0257. The minimum atomic E-state index is -0.666. The van der Waals surface area contributed by atoms with Crippen molar-refractivity contribution in [3.05, 3.63) is 77.1 Å². The van der Waals surface area contributed by atoms with E-state index in [1.807, 2.05) is 42.5 Å². The molecule has 0 spiro atoms. The van der Waals surface area contributed by atoms with Crippen LogP contribution in [0.3, 0.4) is 0 Å². The van der Waals surface area contributed by atoms with E-state index in [-0.39, 0.29) is 29.3 Å². The number of phenolic OH excluding ortho intramolecular Hbond substituents is 1. The number of carbonyl (C=O) groups is 3. The summed E-state index contributed by atoms with van der Waals surface area (Å²) in [7, 11) is 0. The van der Waals surface area contributed by atoms with Crippen molar-refractivity contribution < 1.29 is 33.4 Å². The average molecular weight is 515 g/mol. The molecule has 2 aliphatic heterocycles. The summed E-state index contributed by atoms with van der Waals surface area (Å²) in [6.45, 7) is 1.78. The van der Waals surface area contributed by atoms with Crippen molar-refractivity contribution >= 4 is 23.8 Å². The quantitative estimate of drug-likeness (QED) is 0.304. The van der Waals surface area contributed by atoms with Gasteiger partial charge in [-0.15, -0.1) is 0 Å². The summed E-state index contributed by atoms with van der Waals surface area (Å²) in [5.41, 5.74) is 1.62. The molecule has 0 fully saturated rings. The largest absolute Gasteiger partial charge is 0.507 e. The van der Waals surface area contributed by atoms with Crippen molar-refractivity contribution in [2.75, 3.05) is 0 Å². The van der Waals surface area contributed by atoms with Crippen LogP contribution in [-0.4, -0.2) is 28.9 Å². The van der Waals surface area contributed by atoms with Crippen molar-refractivity contribution in [1.29, 1.82) is 0 Å². The van der Waals surface area contributed by atoms with E-state index in [1.165, 1.54) is 0 Å². The Balaban J connectivity index is 1.57. The zero-order valence-corrected chi connectivity index (χ0v) is 21.3. The second kappa shape index (κ2) is 11.1. The summed E-state index contributed by atoms with van der Waals surface area (Å²) < 4.78 is 17.3. The third-order valence-electron chi connectivity index (χ3n) is 7.01. The highest BCUT2D eigenvalue weighted by atomic mass is 16.5. The molecule has 0 bridgehead atoms. The zero-order valence-electron chi connectivity index (χ0n) is 21.3. The van der Waals surface area contributed by atoms with E-state index in [1.54, 1.807) is 25.1 Å². The maximum Gasteiger partial charge on any atom is 0.342 e. The first-order valence-corrected chi connectivity index (χ1v) is 13.1. The van der Waals surface area contributed by atoms with E-state index >= 15 is 0 Å². The first kappa shape index (κ1) is 25.5. The van der Waals surface area contributed by atoms with Crippen LogP contribution in [0.2, 0.25) is 0 Å². The van der Waals surface area contributed by atoms with Crippen molar-refractivity contribution in [1.82, 2.24) is 0 Å². The number of ether oxygens (including phenoxy) is 2. The molecule has 0 radical (unpaired) electrons. The molecule has 0 aliphatic carbocycles. The molecule has 1 aromatic heterocycles. The number of aromatic hydroxyl groups is 1. The molecule has 0 saturated heterocycles. The van der Waals surface area contributed by atoms with Crippen molar-refractivity contribution in [2.24, 2.45) is 0 Å². The highest BCUT2D eigenvalue weighted by Gasteiger charge is 2.37. The number of allylic oxidation sites excluding steroid dienone is 1. The van der Waals surface area contributed by atoms with Gasteiger partial charge in [0.15, 0.2) is 0 Å². The number of fused-ring (bicyclic) bond motifs is 2. The normalized spacial score (nSPS) is 20.6. The monoisotopic (exact) mass is 514 g/mol. The van der Waals surface area contributed by atoms with Gasteiger partial charge in [-0.3, -0.25) is 9.59 Å². The Morgan fingerprint density at radius 1 is 0.974 bits per heavy atom. The fourth-order valence-corrected chi connectivity index (χ4v) is 5.06. The van der Waals surface area contributed by atoms with Gasteiger partial charge in [0.05, 0.1) is 18.4 Å². The SMILES string of the molecule is CC1CCCC(=O)CCCC=Cc2cc3c(c(O)c2C(=O)O1)C(c1ccc(-c2ccccc2)o1)CC(=O)O3. The van der Waals surface area contributed by atoms with Gasteiger partial charge in [0.1, 0.15) is 34.4 Å². The molecule has 0 saturated carbocycles. The standard InChI is InChI=1S/C31H30O7/c1-19-9-8-14-22(32)13-7-3-6-12-21-17-26-29(30(34)28(21)31(35)36-19)23(18-27(33)38-26)25-16-15-24(37-25)20-10-4-2-5-11-20/h2,4-6,10-12,15-17,19,23,34H,3,7-9,13-14,18H2,1H3. The zero-order chi connectivity index (χ0) is 26.6. The first-order valence-electron chi connectivity index (χ1n) is 13.1. The third-order valence-corrected chi connectivity index (χ3v) is 7.01.